The highest BCUT2D eigenvalue weighted by Crippen LogP contribution is 2.50. The van der Waals surface area contributed by atoms with Crippen molar-refractivity contribution in [2.75, 3.05) is 6.54 Å². The first kappa shape index (κ1) is 7.84. The van der Waals surface area contributed by atoms with Crippen LogP contribution in [0, 0.1) is 11.3 Å². The number of nitrogens with zero attached hydrogens (tertiary/aromatic N) is 1. The van der Waals surface area contributed by atoms with E-state index in [2.05, 4.69) is 11.8 Å². The molecule has 0 aromatic heterocycles. The molecule has 0 aromatic rings. The van der Waals surface area contributed by atoms with Crippen LogP contribution >= 0.6 is 0 Å². The molecular formula is C11H17NO. The van der Waals surface area contributed by atoms with E-state index in [0.29, 0.717) is 11.9 Å². The van der Waals surface area contributed by atoms with Gasteiger partial charge in [-0.2, -0.15) is 0 Å². The molecule has 3 rings (SSSR count). The smallest absolute Gasteiger partial charge is 0.228 e. The predicted molar refractivity (Wildman–Crippen MR) is 50.2 cm³/mol. The maximum absolute atomic E-state index is 12.0. The number of amides is 1. The van der Waals surface area contributed by atoms with Gasteiger partial charge in [0.1, 0.15) is 0 Å². The van der Waals surface area contributed by atoms with Crippen LogP contribution in [0.3, 0.4) is 0 Å². The van der Waals surface area contributed by atoms with Gasteiger partial charge in [0.15, 0.2) is 0 Å². The van der Waals surface area contributed by atoms with Crippen LogP contribution < -0.4 is 0 Å². The topological polar surface area (TPSA) is 20.3 Å². The van der Waals surface area contributed by atoms with E-state index in [1.807, 2.05) is 0 Å². The van der Waals surface area contributed by atoms with Gasteiger partial charge in [-0.1, -0.05) is 13.3 Å². The number of hydrogen-bond acceptors (Lipinski definition) is 1. The summed E-state index contributed by atoms with van der Waals surface area (Å²) < 4.78 is 0. The largest absolute Gasteiger partial charge is 0.339 e. The highest BCUT2D eigenvalue weighted by Gasteiger charge is 2.53. The van der Waals surface area contributed by atoms with Crippen molar-refractivity contribution >= 4 is 5.91 Å². The Bertz CT molecular complexity index is 257. The second-order valence-corrected chi connectivity index (χ2v) is 5.28. The SMILES string of the molecule is CC1(C(=O)N2CC3CCCC32)CC1. The molecule has 2 atom stereocenters. The minimum atomic E-state index is 0.0631. The zero-order chi connectivity index (χ0) is 9.05. The van der Waals surface area contributed by atoms with E-state index in [1.165, 1.54) is 19.3 Å². The zero-order valence-corrected chi connectivity index (χ0v) is 8.25. The molecule has 3 fully saturated rings. The summed E-state index contributed by atoms with van der Waals surface area (Å²) in [5.41, 5.74) is 0.0631. The monoisotopic (exact) mass is 179 g/mol. The van der Waals surface area contributed by atoms with Crippen LogP contribution in [0.25, 0.3) is 0 Å². The number of carbonyl (C=O) groups is 1. The lowest BCUT2D eigenvalue weighted by Crippen LogP contribution is -2.57. The Hall–Kier alpha value is -0.530. The van der Waals surface area contributed by atoms with Gasteiger partial charge in [0.2, 0.25) is 5.91 Å². The van der Waals surface area contributed by atoms with Gasteiger partial charge in [-0.3, -0.25) is 4.79 Å². The molecule has 3 aliphatic rings. The molecule has 2 saturated carbocycles. The lowest BCUT2D eigenvalue weighted by molar-refractivity contribution is -0.147. The molecule has 2 nitrogen and oxygen atoms in total. The Kier molecular flexibility index (Phi) is 1.38. The maximum atomic E-state index is 12.0. The maximum Gasteiger partial charge on any atom is 0.228 e. The first-order valence-electron chi connectivity index (χ1n) is 5.52. The lowest BCUT2D eigenvalue weighted by Gasteiger charge is -2.46. The summed E-state index contributed by atoms with van der Waals surface area (Å²) in [6, 6.07) is 0.643. The van der Waals surface area contributed by atoms with Crippen molar-refractivity contribution in [3.05, 3.63) is 0 Å². The molecule has 0 radical (unpaired) electrons. The molecule has 13 heavy (non-hydrogen) atoms. The Morgan fingerprint density at radius 3 is 2.77 bits per heavy atom. The molecule has 0 spiro atoms. The van der Waals surface area contributed by atoms with Crippen molar-refractivity contribution in [3.8, 4) is 0 Å². The van der Waals surface area contributed by atoms with E-state index < -0.39 is 0 Å². The minimum Gasteiger partial charge on any atom is -0.339 e. The molecule has 0 aromatic carbocycles. The normalized spacial score (nSPS) is 39.6. The fourth-order valence-corrected chi connectivity index (χ4v) is 2.87. The summed E-state index contributed by atoms with van der Waals surface area (Å²) >= 11 is 0. The van der Waals surface area contributed by atoms with Crippen molar-refractivity contribution in [2.45, 2.75) is 45.1 Å². The van der Waals surface area contributed by atoms with Gasteiger partial charge in [-0.25, -0.2) is 0 Å². The Balaban J connectivity index is 1.70. The van der Waals surface area contributed by atoms with Gasteiger partial charge in [0.05, 0.1) is 0 Å². The lowest BCUT2D eigenvalue weighted by atomic mass is 9.90. The molecule has 0 N–H and O–H groups in total. The summed E-state index contributed by atoms with van der Waals surface area (Å²) in [4.78, 5) is 14.1. The molecule has 0 bridgehead atoms. The van der Waals surface area contributed by atoms with Crippen molar-refractivity contribution in [1.29, 1.82) is 0 Å². The summed E-state index contributed by atoms with van der Waals surface area (Å²) in [5, 5.41) is 0. The fraction of sp³-hybridized carbons (Fsp3) is 0.909. The van der Waals surface area contributed by atoms with Crippen molar-refractivity contribution in [2.24, 2.45) is 11.3 Å². The molecule has 72 valence electrons. The molecule has 2 unspecified atom stereocenters. The summed E-state index contributed by atoms with van der Waals surface area (Å²) in [6.45, 7) is 3.19. The van der Waals surface area contributed by atoms with E-state index in [1.54, 1.807) is 0 Å². The van der Waals surface area contributed by atoms with Gasteiger partial charge >= 0.3 is 0 Å². The van der Waals surface area contributed by atoms with E-state index >= 15 is 0 Å². The summed E-state index contributed by atoms with van der Waals surface area (Å²) in [7, 11) is 0. The van der Waals surface area contributed by atoms with Crippen LogP contribution in [0.1, 0.15) is 39.0 Å². The summed E-state index contributed by atoms with van der Waals surface area (Å²) in [6.07, 6.45) is 6.23. The average molecular weight is 179 g/mol. The molecule has 2 aliphatic carbocycles. The van der Waals surface area contributed by atoms with Crippen LogP contribution in [-0.4, -0.2) is 23.4 Å². The minimum absolute atomic E-state index is 0.0631. The summed E-state index contributed by atoms with van der Waals surface area (Å²) in [5.74, 6) is 1.32. The van der Waals surface area contributed by atoms with Gasteiger partial charge in [0, 0.05) is 18.0 Å². The highest BCUT2D eigenvalue weighted by atomic mass is 16.2. The van der Waals surface area contributed by atoms with Gasteiger partial charge in [0.25, 0.3) is 0 Å². The van der Waals surface area contributed by atoms with E-state index in [9.17, 15) is 4.79 Å². The van der Waals surface area contributed by atoms with Crippen molar-refractivity contribution < 1.29 is 4.79 Å². The van der Waals surface area contributed by atoms with E-state index in [4.69, 9.17) is 0 Å². The number of fused-ring (bicyclic) bond motifs is 1. The Morgan fingerprint density at radius 1 is 1.38 bits per heavy atom. The predicted octanol–water partition coefficient (Wildman–Crippen LogP) is 1.80. The van der Waals surface area contributed by atoms with Crippen LogP contribution in [0.2, 0.25) is 0 Å². The standard InChI is InChI=1S/C11H17NO/c1-11(5-6-11)10(13)12-7-8-3-2-4-9(8)12/h8-9H,2-7H2,1H3. The zero-order valence-electron chi connectivity index (χ0n) is 8.25. The van der Waals surface area contributed by atoms with E-state index in [0.717, 1.165) is 25.3 Å². The third-order valence-corrected chi connectivity index (χ3v) is 4.23. The van der Waals surface area contributed by atoms with Gasteiger partial charge in [-0.15, -0.1) is 0 Å². The third-order valence-electron chi connectivity index (χ3n) is 4.23. The molecule has 2 heteroatoms. The van der Waals surface area contributed by atoms with Crippen LogP contribution in [0.5, 0.6) is 0 Å². The molecule has 1 heterocycles. The Morgan fingerprint density at radius 2 is 2.15 bits per heavy atom. The van der Waals surface area contributed by atoms with Crippen LogP contribution in [0.15, 0.2) is 0 Å². The van der Waals surface area contributed by atoms with Gasteiger partial charge in [-0.05, 0) is 31.6 Å². The molecule has 1 aliphatic heterocycles. The molecular weight excluding hydrogens is 162 g/mol. The first-order chi connectivity index (χ1) is 6.21. The second-order valence-electron chi connectivity index (χ2n) is 5.28. The first-order valence-corrected chi connectivity index (χ1v) is 5.52. The van der Waals surface area contributed by atoms with Crippen LogP contribution in [-0.2, 0) is 4.79 Å². The average Bonchev–Trinajstić information content (AvgIpc) is 2.72. The number of hydrogen-bond donors (Lipinski definition) is 0. The molecule has 1 amide bonds. The number of carbonyl (C=O) groups excluding carboxylic acids is 1. The number of rotatable bonds is 1. The number of likely N-dealkylation sites (tertiary alicyclic amines) is 1. The highest BCUT2D eigenvalue weighted by molar-refractivity contribution is 5.86. The molecule has 1 saturated heterocycles. The van der Waals surface area contributed by atoms with E-state index in [-0.39, 0.29) is 5.41 Å². The van der Waals surface area contributed by atoms with Crippen molar-refractivity contribution in [3.63, 3.8) is 0 Å². The van der Waals surface area contributed by atoms with Gasteiger partial charge < -0.3 is 4.90 Å². The quantitative estimate of drug-likeness (QED) is 0.601. The fourth-order valence-electron chi connectivity index (χ4n) is 2.87. The van der Waals surface area contributed by atoms with Crippen LogP contribution in [0.4, 0.5) is 0 Å². The second kappa shape index (κ2) is 2.28. The van der Waals surface area contributed by atoms with Crippen molar-refractivity contribution in [1.82, 2.24) is 4.90 Å². The Labute approximate surface area is 79.3 Å². The third kappa shape index (κ3) is 0.976.